The summed E-state index contributed by atoms with van der Waals surface area (Å²) in [5.74, 6) is 0. The molecule has 1 aliphatic carbocycles. The molecule has 8 rings (SSSR count). The SMILES string of the molecule is CN(C)c1cc[n-]c2cccc1-2.[Fe].c1ccc(-c2c(-c3ccccc3)c(-c3ccccc3)[c-](-c3ccccc3)c2-c2ccccc2)cc1. The molecule has 6 aromatic carbocycles. The summed E-state index contributed by atoms with van der Waals surface area (Å²) in [6.45, 7) is 0. The maximum absolute atomic E-state index is 4.26. The Balaban J connectivity index is 0.000000260. The van der Waals surface area contributed by atoms with Crippen LogP contribution in [0.4, 0.5) is 5.69 Å². The molecule has 0 N–H and O–H groups in total. The molecule has 0 spiro atoms. The van der Waals surface area contributed by atoms with Crippen molar-refractivity contribution in [3.63, 3.8) is 0 Å². The number of nitrogens with zero attached hydrogens (tertiary/aromatic N) is 2. The number of aromatic nitrogens is 1. The Kier molecular flexibility index (Phi) is 10.1. The van der Waals surface area contributed by atoms with Gasteiger partial charge in [0.05, 0.1) is 0 Å². The van der Waals surface area contributed by atoms with Gasteiger partial charge in [0, 0.05) is 36.9 Å². The minimum absolute atomic E-state index is 0. The van der Waals surface area contributed by atoms with Gasteiger partial charge < -0.3 is 9.88 Å². The second kappa shape index (κ2) is 15.0. The molecule has 0 saturated carbocycles. The van der Waals surface area contributed by atoms with Crippen LogP contribution in [0.2, 0.25) is 0 Å². The molecule has 0 unspecified atom stereocenters. The van der Waals surface area contributed by atoms with Crippen molar-refractivity contribution in [2.45, 2.75) is 0 Å². The van der Waals surface area contributed by atoms with E-state index in [1.807, 2.05) is 38.5 Å². The molecule has 2 nitrogen and oxygen atoms in total. The van der Waals surface area contributed by atoms with Crippen molar-refractivity contribution < 1.29 is 17.1 Å². The van der Waals surface area contributed by atoms with Gasteiger partial charge in [0.25, 0.3) is 0 Å². The zero-order valence-electron chi connectivity index (χ0n) is 27.1. The van der Waals surface area contributed by atoms with E-state index in [1.54, 1.807) is 0 Å². The molecule has 0 bridgehead atoms. The zero-order valence-corrected chi connectivity index (χ0v) is 28.2. The fourth-order valence-corrected chi connectivity index (χ4v) is 6.50. The van der Waals surface area contributed by atoms with Crippen LogP contribution in [-0.2, 0) is 17.1 Å². The Morgan fingerprint density at radius 1 is 0.438 bits per heavy atom. The molecular formula is C45H36FeN2-2. The average molecular weight is 661 g/mol. The van der Waals surface area contributed by atoms with Crippen LogP contribution in [0.1, 0.15) is 0 Å². The predicted octanol–water partition coefficient (Wildman–Crippen LogP) is 11.6. The topological polar surface area (TPSA) is 17.3 Å². The molecule has 48 heavy (non-hydrogen) atoms. The van der Waals surface area contributed by atoms with Gasteiger partial charge >= 0.3 is 0 Å². The molecule has 3 heteroatoms. The minimum atomic E-state index is 0. The monoisotopic (exact) mass is 660 g/mol. The number of pyridine rings is 1. The Morgan fingerprint density at radius 2 is 0.854 bits per heavy atom. The molecule has 0 fully saturated rings. The molecule has 0 saturated heterocycles. The van der Waals surface area contributed by atoms with Gasteiger partial charge in [-0.25, -0.2) is 0 Å². The van der Waals surface area contributed by atoms with Crippen LogP contribution in [0.15, 0.2) is 182 Å². The van der Waals surface area contributed by atoms with E-state index in [9.17, 15) is 0 Å². The summed E-state index contributed by atoms with van der Waals surface area (Å²) in [7, 11) is 4.09. The third-order valence-electron chi connectivity index (χ3n) is 8.56. The van der Waals surface area contributed by atoms with E-state index >= 15 is 0 Å². The number of hydrogen-bond donors (Lipinski definition) is 0. The van der Waals surface area contributed by atoms with E-state index in [0.717, 1.165) is 5.69 Å². The van der Waals surface area contributed by atoms with Gasteiger partial charge in [-0.3, -0.25) is 0 Å². The Hall–Kier alpha value is -5.47. The van der Waals surface area contributed by atoms with Crippen molar-refractivity contribution in [3.8, 4) is 66.9 Å². The van der Waals surface area contributed by atoms with Crippen LogP contribution in [-0.4, -0.2) is 14.1 Å². The van der Waals surface area contributed by atoms with Crippen LogP contribution in [0, 0.1) is 0 Å². The number of rotatable bonds is 6. The smallest absolute Gasteiger partial charge is 0.0404 e. The predicted molar refractivity (Wildman–Crippen MR) is 200 cm³/mol. The minimum Gasteiger partial charge on any atom is -0.663 e. The standard InChI is InChI=1S/C35H25.C10H11N2.Fe/c1-6-16-26(17-7-1)31-32(27-18-8-2-9-19-27)34(29-22-12-4-13-23-29)35(30-24-14-5-15-25-30)33(31)28-20-10-3-11-21-28;1-12(2)10-6-7-11-9-5-3-4-8(9)10;/h1-25H;3-7H,1-2H3;/q2*-1;. The summed E-state index contributed by atoms with van der Waals surface area (Å²) < 4.78 is 0. The molecule has 1 heterocycles. The van der Waals surface area contributed by atoms with E-state index in [1.165, 1.54) is 66.9 Å². The molecule has 0 amide bonds. The molecule has 0 radical (unpaired) electrons. The Bertz CT molecular complexity index is 1830. The summed E-state index contributed by atoms with van der Waals surface area (Å²) in [5.41, 5.74) is 16.0. The first kappa shape index (κ1) is 32.5. The van der Waals surface area contributed by atoms with Crippen LogP contribution < -0.4 is 9.88 Å². The molecule has 1 aliphatic heterocycles. The van der Waals surface area contributed by atoms with E-state index in [2.05, 4.69) is 168 Å². The van der Waals surface area contributed by atoms with Crippen LogP contribution in [0.25, 0.3) is 66.9 Å². The average Bonchev–Trinajstić information content (AvgIpc) is 3.77. The maximum atomic E-state index is 4.26. The molecule has 2 aliphatic rings. The summed E-state index contributed by atoms with van der Waals surface area (Å²) in [6, 6.07) is 62.3. The van der Waals surface area contributed by atoms with Gasteiger partial charge in [0.2, 0.25) is 0 Å². The molecule has 0 atom stereocenters. The number of hydrogen-bond acceptors (Lipinski definition) is 1. The largest absolute Gasteiger partial charge is 0.663 e. The van der Waals surface area contributed by atoms with Crippen LogP contribution in [0.3, 0.4) is 0 Å². The number of fused-ring (bicyclic) bond motifs is 1. The summed E-state index contributed by atoms with van der Waals surface area (Å²) in [5, 5.41) is 0. The van der Waals surface area contributed by atoms with Gasteiger partial charge in [0.15, 0.2) is 0 Å². The third-order valence-corrected chi connectivity index (χ3v) is 8.56. The molecular weight excluding hydrogens is 624 g/mol. The van der Waals surface area contributed by atoms with E-state index in [4.69, 9.17) is 0 Å². The fourth-order valence-electron chi connectivity index (χ4n) is 6.50. The van der Waals surface area contributed by atoms with Gasteiger partial charge in [-0.1, -0.05) is 220 Å². The van der Waals surface area contributed by atoms with Crippen molar-refractivity contribution in [1.82, 2.24) is 4.98 Å². The molecule has 236 valence electrons. The second-order valence-electron chi connectivity index (χ2n) is 11.8. The Morgan fingerprint density at radius 3 is 1.29 bits per heavy atom. The van der Waals surface area contributed by atoms with Gasteiger partial charge in [-0.2, -0.15) is 6.20 Å². The van der Waals surface area contributed by atoms with E-state index in [0.29, 0.717) is 0 Å². The van der Waals surface area contributed by atoms with Crippen molar-refractivity contribution in [1.29, 1.82) is 0 Å². The summed E-state index contributed by atoms with van der Waals surface area (Å²) >= 11 is 0. The summed E-state index contributed by atoms with van der Waals surface area (Å²) in [4.78, 5) is 6.36. The van der Waals surface area contributed by atoms with Crippen molar-refractivity contribution >= 4 is 5.69 Å². The summed E-state index contributed by atoms with van der Waals surface area (Å²) in [6.07, 6.45) is 1.84. The van der Waals surface area contributed by atoms with Crippen LogP contribution in [0.5, 0.6) is 0 Å². The van der Waals surface area contributed by atoms with Crippen molar-refractivity contribution in [3.05, 3.63) is 182 Å². The number of anilines is 1. The van der Waals surface area contributed by atoms with Crippen LogP contribution >= 0.6 is 0 Å². The number of benzene rings is 5. The first-order chi connectivity index (χ1) is 23.2. The second-order valence-corrected chi connectivity index (χ2v) is 11.8. The van der Waals surface area contributed by atoms with Gasteiger partial charge in [-0.15, -0.1) is 5.69 Å². The first-order valence-corrected chi connectivity index (χ1v) is 16.0. The Labute approximate surface area is 294 Å². The fraction of sp³-hybridized carbons (Fsp3) is 0.0444. The van der Waals surface area contributed by atoms with Gasteiger partial charge in [0.1, 0.15) is 0 Å². The third kappa shape index (κ3) is 6.52. The zero-order chi connectivity index (χ0) is 32.0. The van der Waals surface area contributed by atoms with E-state index < -0.39 is 0 Å². The van der Waals surface area contributed by atoms with Crippen molar-refractivity contribution in [2.75, 3.05) is 19.0 Å². The molecule has 0 aromatic heterocycles. The maximum Gasteiger partial charge on any atom is 0.0404 e. The van der Waals surface area contributed by atoms with E-state index in [-0.39, 0.29) is 17.1 Å². The quantitative estimate of drug-likeness (QED) is 0.130. The molecule has 6 aromatic rings. The van der Waals surface area contributed by atoms with Crippen molar-refractivity contribution in [2.24, 2.45) is 0 Å². The first-order valence-electron chi connectivity index (χ1n) is 16.0. The van der Waals surface area contributed by atoms with Gasteiger partial charge in [-0.05, 0) is 16.7 Å². The normalized spacial score (nSPS) is 10.5.